The van der Waals surface area contributed by atoms with Gasteiger partial charge in [-0.15, -0.1) is 0 Å². The van der Waals surface area contributed by atoms with Gasteiger partial charge in [0.1, 0.15) is 60.7 Å². The number of nitrogens with two attached hydrogens (primary N) is 3. The van der Waals surface area contributed by atoms with E-state index in [0.29, 0.717) is 52.7 Å². The molecule has 17 N–H and O–H groups in total. The maximum Gasteiger partial charge on any atom is 0.408 e. The minimum atomic E-state index is -1.78. The van der Waals surface area contributed by atoms with Crippen LogP contribution in [0, 0.1) is 5.92 Å². The summed E-state index contributed by atoms with van der Waals surface area (Å²) in [7, 11) is 0. The molecule has 478 valence electrons. The van der Waals surface area contributed by atoms with Crippen molar-refractivity contribution in [3.05, 3.63) is 102 Å². The highest BCUT2D eigenvalue weighted by atomic mass is 32.2. The molecule has 27 nitrogen and oxygen atoms in total. The number of aliphatic hydroxyl groups excluding tert-OH is 1. The number of benzene rings is 3. The molecule has 1 aliphatic rings. The third-order valence-corrected chi connectivity index (χ3v) is 15.0. The summed E-state index contributed by atoms with van der Waals surface area (Å²) in [5, 5.41) is 42.8. The van der Waals surface area contributed by atoms with Crippen LogP contribution in [0.15, 0.2) is 90.1 Å². The number of fused-ring (bicyclic) bond motifs is 1. The van der Waals surface area contributed by atoms with Crippen LogP contribution in [0.4, 0.5) is 4.79 Å². The number of alkyl carbamates (subject to hydrolysis) is 1. The third kappa shape index (κ3) is 22.4. The second-order valence-electron chi connectivity index (χ2n) is 21.7. The predicted molar refractivity (Wildman–Crippen MR) is 330 cm³/mol. The molecule has 0 radical (unpaired) electrons. The zero-order chi connectivity index (χ0) is 64.3. The Morgan fingerprint density at radius 2 is 1.27 bits per heavy atom. The largest absolute Gasteiger partial charge is 0.508 e. The number of guanidine groups is 1. The van der Waals surface area contributed by atoms with Crippen molar-refractivity contribution in [1.29, 1.82) is 0 Å². The number of likely N-dealkylation sites (N-methyl/N-ethyl adjacent to an activating group) is 1. The van der Waals surface area contributed by atoms with Crippen LogP contribution in [0.5, 0.6) is 5.75 Å². The first-order valence-corrected chi connectivity index (χ1v) is 30.6. The summed E-state index contributed by atoms with van der Waals surface area (Å²) in [6.45, 7) is 5.01. The van der Waals surface area contributed by atoms with E-state index in [1.807, 2.05) is 13.8 Å². The average molecular weight is 1240 g/mol. The maximum absolute atomic E-state index is 14.6. The minimum Gasteiger partial charge on any atom is -0.508 e. The van der Waals surface area contributed by atoms with E-state index in [1.165, 1.54) is 40.9 Å². The SMILES string of the molecule is CCNC(=O)[C@@H]1CCCN1C(=O)[C@H](CCCN=C(N)N)NC(=O)[C@H](CC(C)C)NC(=O)[C@@H](CCSC)NC(=O)[C@H](Cc1ccc(O)cc1)NC(=O)[C@H](CO)NC(=O)[C@H](Cc1c[nH]c2ccccc12)NC(=O)[C@H](CCC(N)=O)NC(=O)OCc1ccccc1. The van der Waals surface area contributed by atoms with Gasteiger partial charge in [-0.1, -0.05) is 74.5 Å². The molecule has 1 fully saturated rings. The molecule has 4 aromatic rings. The molecule has 28 heteroatoms. The van der Waals surface area contributed by atoms with Crippen LogP contribution in [0.25, 0.3) is 10.9 Å². The van der Waals surface area contributed by atoms with E-state index in [2.05, 4.69) is 52.5 Å². The van der Waals surface area contributed by atoms with Crippen molar-refractivity contribution in [3.63, 3.8) is 0 Å². The van der Waals surface area contributed by atoms with Gasteiger partial charge in [0.2, 0.25) is 53.2 Å². The van der Waals surface area contributed by atoms with Gasteiger partial charge in [-0.3, -0.25) is 48.1 Å². The zero-order valence-corrected chi connectivity index (χ0v) is 50.8. The zero-order valence-electron chi connectivity index (χ0n) is 50.0. The van der Waals surface area contributed by atoms with Gasteiger partial charge < -0.3 is 84.6 Å². The molecule has 1 aromatic heterocycles. The highest BCUT2D eigenvalue weighted by molar-refractivity contribution is 7.98. The second-order valence-corrected chi connectivity index (χ2v) is 22.7. The number of aromatic nitrogens is 1. The quantitative estimate of drug-likeness (QED) is 0.0165. The third-order valence-electron chi connectivity index (χ3n) is 14.4. The fourth-order valence-corrected chi connectivity index (χ4v) is 10.3. The molecule has 5 rings (SSSR count). The molecule has 88 heavy (non-hydrogen) atoms. The number of primary amides is 1. The Hall–Kier alpha value is -8.92. The van der Waals surface area contributed by atoms with Crippen LogP contribution < -0.4 is 59.7 Å². The number of phenols is 1. The van der Waals surface area contributed by atoms with Crippen molar-refractivity contribution in [3.8, 4) is 5.75 Å². The van der Waals surface area contributed by atoms with E-state index >= 15 is 0 Å². The number of aromatic amines is 1. The van der Waals surface area contributed by atoms with E-state index in [1.54, 1.807) is 74.0 Å². The number of rotatable bonds is 35. The fourth-order valence-electron chi connectivity index (χ4n) is 9.86. The summed E-state index contributed by atoms with van der Waals surface area (Å²) >= 11 is 1.36. The summed E-state index contributed by atoms with van der Waals surface area (Å²) in [6, 6.07) is 10.8. The molecule has 3 aromatic carbocycles. The molecule has 0 aliphatic carbocycles. The lowest BCUT2D eigenvalue weighted by Crippen LogP contribution is -2.61. The first kappa shape index (κ1) is 69.8. The molecule has 10 amide bonds. The first-order chi connectivity index (χ1) is 42.1. The van der Waals surface area contributed by atoms with Crippen molar-refractivity contribution in [2.24, 2.45) is 28.1 Å². The van der Waals surface area contributed by atoms with Gasteiger partial charge in [0.25, 0.3) is 0 Å². The summed E-state index contributed by atoms with van der Waals surface area (Å²) in [4.78, 5) is 147. The summed E-state index contributed by atoms with van der Waals surface area (Å²) in [5.41, 5.74) is 18.8. The molecular weight excluding hydrogens is 1160 g/mol. The Labute approximate surface area is 515 Å². The van der Waals surface area contributed by atoms with Gasteiger partial charge in [-0.25, -0.2) is 4.79 Å². The number of aliphatic imine (C=N–C) groups is 1. The van der Waals surface area contributed by atoms with Gasteiger partial charge in [0, 0.05) is 56.0 Å². The lowest BCUT2D eigenvalue weighted by molar-refractivity contribution is -0.142. The van der Waals surface area contributed by atoms with Crippen LogP contribution >= 0.6 is 11.8 Å². The Morgan fingerprint density at radius 1 is 0.693 bits per heavy atom. The molecule has 0 saturated carbocycles. The second kappa shape index (κ2) is 35.6. The van der Waals surface area contributed by atoms with Gasteiger partial charge in [0.05, 0.1) is 6.61 Å². The molecule has 0 spiro atoms. The number of nitrogens with zero attached hydrogens (tertiary/aromatic N) is 2. The molecule has 0 bridgehead atoms. The number of carbonyl (C=O) groups excluding carboxylic acids is 10. The highest BCUT2D eigenvalue weighted by Crippen LogP contribution is 2.22. The van der Waals surface area contributed by atoms with Gasteiger partial charge in [-0.05, 0) is 105 Å². The molecule has 1 aliphatic heterocycles. The van der Waals surface area contributed by atoms with Crippen LogP contribution in [0.3, 0.4) is 0 Å². The van der Waals surface area contributed by atoms with E-state index < -0.39 is 108 Å². The van der Waals surface area contributed by atoms with Crippen LogP contribution in [0.1, 0.15) is 88.8 Å². The Morgan fingerprint density at radius 3 is 1.91 bits per heavy atom. The number of H-pyrrole nitrogens is 1. The van der Waals surface area contributed by atoms with Crippen LogP contribution in [-0.4, -0.2) is 172 Å². The Bertz CT molecular complexity index is 3030. The van der Waals surface area contributed by atoms with Crippen LogP contribution in [-0.2, 0) is 67.3 Å². The van der Waals surface area contributed by atoms with Crippen molar-refractivity contribution in [1.82, 2.24) is 52.4 Å². The maximum atomic E-state index is 14.6. The molecular formula is C60H84N14O13S. The summed E-state index contributed by atoms with van der Waals surface area (Å²) in [5.74, 6) is -7.06. The number of thioether (sulfide) groups is 1. The molecule has 8 atom stereocenters. The normalized spacial score (nSPS) is 15.2. The lowest BCUT2D eigenvalue weighted by Gasteiger charge is -2.30. The van der Waals surface area contributed by atoms with Gasteiger partial charge in [0.15, 0.2) is 5.96 Å². The number of aromatic hydroxyl groups is 1. The summed E-state index contributed by atoms with van der Waals surface area (Å²) < 4.78 is 5.33. The number of hydrogen-bond acceptors (Lipinski definition) is 15. The van der Waals surface area contributed by atoms with Crippen molar-refractivity contribution in [2.75, 3.05) is 38.2 Å². The summed E-state index contributed by atoms with van der Waals surface area (Å²) in [6.07, 6.45) is 2.76. The van der Waals surface area contributed by atoms with E-state index in [4.69, 9.17) is 21.9 Å². The number of amides is 10. The molecule has 1 saturated heterocycles. The number of nitrogens with one attached hydrogen (secondary N) is 9. The topological polar surface area (TPSA) is 426 Å². The number of likely N-dealkylation sites (tertiary alicyclic amines) is 1. The number of aliphatic hydroxyl groups is 1. The van der Waals surface area contributed by atoms with Crippen LogP contribution in [0.2, 0.25) is 0 Å². The van der Waals surface area contributed by atoms with Gasteiger partial charge >= 0.3 is 6.09 Å². The average Bonchev–Trinajstić information content (AvgIpc) is 4.31. The highest BCUT2D eigenvalue weighted by Gasteiger charge is 2.39. The smallest absolute Gasteiger partial charge is 0.408 e. The lowest BCUT2D eigenvalue weighted by atomic mass is 10.0. The monoisotopic (exact) mass is 1240 g/mol. The number of ether oxygens (including phenoxy) is 1. The predicted octanol–water partition coefficient (Wildman–Crippen LogP) is 0.100. The van der Waals surface area contributed by atoms with Crippen molar-refractivity contribution < 1.29 is 62.9 Å². The van der Waals surface area contributed by atoms with E-state index in [0.717, 1.165) is 0 Å². The standard InChI is InChI=1S/C60H84N14O13S/c1-5-64-57(84)49-18-12-27-74(49)58(85)44(17-11-26-65-59(62)63)68-53(80)45(29-35(2)3)69-52(79)43(25-28-88-4)67-54(81)46(30-36-19-21-39(76)22-20-36)70-56(83)48(33-75)72-55(82)47(31-38-32-66-41-16-10-9-15-40(38)41)71-51(78)42(23-24-50(61)77)73-60(86)87-34-37-13-7-6-8-14-37/h6-10,13-16,19-22,32,35,42-49,66,75-76H,5,11-12,17-18,23-31,33-34H2,1-4H3,(H2,61,77)(H,64,84)(H,67,81)(H,68,80)(H,69,79)(H,70,83)(H,71,78)(H,72,82)(H,73,86)(H4,62,63,65)/t42-,43+,44-,45-,46-,47-,48-,49-/m0/s1. The Balaban J connectivity index is 1.38. The first-order valence-electron chi connectivity index (χ1n) is 29.2. The number of hydrogen-bond donors (Lipinski definition) is 14. The van der Waals surface area contributed by atoms with Crippen molar-refractivity contribution >= 4 is 87.9 Å². The van der Waals surface area contributed by atoms with E-state index in [9.17, 15) is 58.2 Å². The Kier molecular flexibility index (Phi) is 28.3. The van der Waals surface area contributed by atoms with Gasteiger partial charge in [-0.2, -0.15) is 11.8 Å². The molecule has 0 unspecified atom stereocenters. The number of para-hydroxylation sites is 1. The number of phenolic OH excluding ortho intramolecular Hbond substituents is 1. The van der Waals surface area contributed by atoms with Crippen molar-refractivity contribution in [2.45, 2.75) is 140 Å². The number of carbonyl (C=O) groups is 10. The molecule has 2 heterocycles. The van der Waals surface area contributed by atoms with E-state index in [-0.39, 0.29) is 94.6 Å². The minimum absolute atomic E-state index is 0.0311. The fraction of sp³-hybridized carbons (Fsp3) is 0.483.